The SMILES string of the molecule is COc1cc(C)c(Cl)cc1-c1cc(CN)[nH]n1. The predicted molar refractivity (Wildman–Crippen MR) is 68.2 cm³/mol. The zero-order valence-corrected chi connectivity index (χ0v) is 10.5. The minimum Gasteiger partial charge on any atom is -0.496 e. The fourth-order valence-corrected chi connectivity index (χ4v) is 1.79. The van der Waals surface area contributed by atoms with Gasteiger partial charge in [0.15, 0.2) is 0 Å². The number of methoxy groups -OCH3 is 1. The largest absolute Gasteiger partial charge is 0.496 e. The molecule has 1 heterocycles. The average Bonchev–Trinajstić information content (AvgIpc) is 2.80. The van der Waals surface area contributed by atoms with Crippen molar-refractivity contribution in [3.8, 4) is 17.0 Å². The van der Waals surface area contributed by atoms with Gasteiger partial charge in [-0.2, -0.15) is 5.10 Å². The Morgan fingerprint density at radius 1 is 1.41 bits per heavy atom. The summed E-state index contributed by atoms with van der Waals surface area (Å²) >= 11 is 6.12. The quantitative estimate of drug-likeness (QED) is 0.881. The number of aromatic nitrogens is 2. The Morgan fingerprint density at radius 2 is 2.18 bits per heavy atom. The molecule has 2 aromatic rings. The molecule has 17 heavy (non-hydrogen) atoms. The van der Waals surface area contributed by atoms with Crippen molar-refractivity contribution in [2.24, 2.45) is 5.73 Å². The smallest absolute Gasteiger partial charge is 0.128 e. The molecule has 0 bridgehead atoms. The molecule has 0 unspecified atom stereocenters. The van der Waals surface area contributed by atoms with Crippen LogP contribution >= 0.6 is 11.6 Å². The van der Waals surface area contributed by atoms with E-state index in [1.54, 1.807) is 7.11 Å². The van der Waals surface area contributed by atoms with E-state index in [9.17, 15) is 0 Å². The number of H-pyrrole nitrogens is 1. The maximum absolute atomic E-state index is 6.12. The van der Waals surface area contributed by atoms with E-state index in [-0.39, 0.29) is 0 Å². The van der Waals surface area contributed by atoms with E-state index < -0.39 is 0 Å². The Bertz CT molecular complexity index is 537. The van der Waals surface area contributed by atoms with E-state index in [1.165, 1.54) is 0 Å². The summed E-state index contributed by atoms with van der Waals surface area (Å²) in [6, 6.07) is 5.64. The molecule has 0 aliphatic carbocycles. The summed E-state index contributed by atoms with van der Waals surface area (Å²) in [5.41, 5.74) is 9.03. The number of aryl methyl sites for hydroxylation is 1. The third kappa shape index (κ3) is 2.28. The van der Waals surface area contributed by atoms with Crippen molar-refractivity contribution < 1.29 is 4.74 Å². The molecule has 2 rings (SSSR count). The number of nitrogens with two attached hydrogens (primary N) is 1. The maximum Gasteiger partial charge on any atom is 0.128 e. The molecule has 1 aromatic heterocycles. The van der Waals surface area contributed by atoms with Crippen LogP contribution in [0.15, 0.2) is 18.2 Å². The van der Waals surface area contributed by atoms with Crippen molar-refractivity contribution in [3.05, 3.63) is 34.5 Å². The maximum atomic E-state index is 6.12. The molecule has 0 amide bonds. The Morgan fingerprint density at radius 3 is 2.76 bits per heavy atom. The highest BCUT2D eigenvalue weighted by atomic mass is 35.5. The van der Waals surface area contributed by atoms with Crippen molar-refractivity contribution >= 4 is 11.6 Å². The first-order valence-corrected chi connectivity index (χ1v) is 5.62. The van der Waals surface area contributed by atoms with E-state index in [0.717, 1.165) is 28.3 Å². The molecular weight excluding hydrogens is 238 g/mol. The van der Waals surface area contributed by atoms with Gasteiger partial charge in [0.1, 0.15) is 5.75 Å². The first-order valence-electron chi connectivity index (χ1n) is 5.24. The number of nitrogens with one attached hydrogen (secondary N) is 1. The lowest BCUT2D eigenvalue weighted by Gasteiger charge is -2.08. The molecular formula is C12H14ClN3O. The van der Waals surface area contributed by atoms with Crippen LogP contribution in [0.25, 0.3) is 11.3 Å². The first kappa shape index (κ1) is 12.0. The first-order chi connectivity index (χ1) is 8.15. The summed E-state index contributed by atoms with van der Waals surface area (Å²) in [5.74, 6) is 0.752. The Hall–Kier alpha value is -1.52. The number of rotatable bonds is 3. The van der Waals surface area contributed by atoms with E-state index in [0.29, 0.717) is 11.6 Å². The van der Waals surface area contributed by atoms with Crippen LogP contribution in [-0.2, 0) is 6.54 Å². The second-order valence-electron chi connectivity index (χ2n) is 3.78. The third-order valence-electron chi connectivity index (χ3n) is 2.61. The van der Waals surface area contributed by atoms with E-state index in [1.807, 2.05) is 25.1 Å². The highest BCUT2D eigenvalue weighted by Gasteiger charge is 2.11. The van der Waals surface area contributed by atoms with Crippen molar-refractivity contribution in [2.75, 3.05) is 7.11 Å². The van der Waals surface area contributed by atoms with Gasteiger partial charge in [0, 0.05) is 22.8 Å². The number of aromatic amines is 1. The lowest BCUT2D eigenvalue weighted by atomic mass is 10.1. The molecule has 0 aliphatic rings. The summed E-state index contributed by atoms with van der Waals surface area (Å²) < 4.78 is 5.33. The third-order valence-corrected chi connectivity index (χ3v) is 3.01. The van der Waals surface area contributed by atoms with Crippen LogP contribution in [0.3, 0.4) is 0 Å². The van der Waals surface area contributed by atoms with Gasteiger partial charge >= 0.3 is 0 Å². The number of hydrogen-bond acceptors (Lipinski definition) is 3. The fraction of sp³-hybridized carbons (Fsp3) is 0.250. The van der Waals surface area contributed by atoms with Gasteiger partial charge in [-0.1, -0.05) is 11.6 Å². The highest BCUT2D eigenvalue weighted by Crippen LogP contribution is 2.33. The summed E-state index contributed by atoms with van der Waals surface area (Å²) in [4.78, 5) is 0. The summed E-state index contributed by atoms with van der Waals surface area (Å²) in [6.45, 7) is 2.36. The van der Waals surface area contributed by atoms with E-state index in [4.69, 9.17) is 22.1 Å². The van der Waals surface area contributed by atoms with Crippen LogP contribution in [0.4, 0.5) is 0 Å². The minimum atomic E-state index is 0.426. The molecule has 0 radical (unpaired) electrons. The van der Waals surface area contributed by atoms with E-state index >= 15 is 0 Å². The highest BCUT2D eigenvalue weighted by molar-refractivity contribution is 6.31. The van der Waals surface area contributed by atoms with Gasteiger partial charge in [-0.05, 0) is 30.7 Å². The molecule has 5 heteroatoms. The summed E-state index contributed by atoms with van der Waals surface area (Å²) in [6.07, 6.45) is 0. The summed E-state index contributed by atoms with van der Waals surface area (Å²) in [5, 5.41) is 7.75. The van der Waals surface area contributed by atoms with E-state index in [2.05, 4.69) is 10.2 Å². The molecule has 0 spiro atoms. The van der Waals surface area contributed by atoms with Gasteiger partial charge in [-0.3, -0.25) is 5.10 Å². The molecule has 0 aliphatic heterocycles. The van der Waals surface area contributed by atoms with Gasteiger partial charge < -0.3 is 10.5 Å². The molecule has 0 atom stereocenters. The van der Waals surface area contributed by atoms with Crippen molar-refractivity contribution in [1.82, 2.24) is 10.2 Å². The number of ether oxygens (including phenoxy) is 1. The number of halogens is 1. The van der Waals surface area contributed by atoms with Crippen LogP contribution in [0.2, 0.25) is 5.02 Å². The van der Waals surface area contributed by atoms with Crippen molar-refractivity contribution in [3.63, 3.8) is 0 Å². The molecule has 1 aromatic carbocycles. The topological polar surface area (TPSA) is 63.9 Å². The molecule has 0 fully saturated rings. The molecule has 0 saturated carbocycles. The normalized spacial score (nSPS) is 10.6. The molecule has 3 N–H and O–H groups in total. The number of nitrogens with zero attached hydrogens (tertiary/aromatic N) is 1. The predicted octanol–water partition coefficient (Wildman–Crippen LogP) is 2.51. The second-order valence-corrected chi connectivity index (χ2v) is 4.19. The van der Waals surface area contributed by atoms with Gasteiger partial charge in [0.05, 0.1) is 12.8 Å². The zero-order valence-electron chi connectivity index (χ0n) is 9.75. The van der Waals surface area contributed by atoms with Crippen molar-refractivity contribution in [2.45, 2.75) is 13.5 Å². The van der Waals surface area contributed by atoms with Crippen LogP contribution in [0.1, 0.15) is 11.3 Å². The van der Waals surface area contributed by atoms with Crippen LogP contribution < -0.4 is 10.5 Å². The second kappa shape index (κ2) is 4.77. The van der Waals surface area contributed by atoms with Gasteiger partial charge in [0.2, 0.25) is 0 Å². The van der Waals surface area contributed by atoms with Gasteiger partial charge in [-0.15, -0.1) is 0 Å². The Labute approximate surface area is 105 Å². The van der Waals surface area contributed by atoms with Gasteiger partial charge in [0.25, 0.3) is 0 Å². The van der Waals surface area contributed by atoms with Crippen molar-refractivity contribution in [1.29, 1.82) is 0 Å². The van der Waals surface area contributed by atoms with Gasteiger partial charge in [-0.25, -0.2) is 0 Å². The Kier molecular flexibility index (Phi) is 3.36. The molecule has 90 valence electrons. The number of benzene rings is 1. The standard InChI is InChI=1S/C12H14ClN3O/c1-7-3-12(17-2)9(5-10(7)13)11-4-8(6-14)15-16-11/h3-5H,6,14H2,1-2H3,(H,15,16). The minimum absolute atomic E-state index is 0.426. The molecule has 0 saturated heterocycles. The van der Waals surface area contributed by atoms with Crippen LogP contribution in [0, 0.1) is 6.92 Å². The fourth-order valence-electron chi connectivity index (χ4n) is 1.63. The monoisotopic (exact) mass is 251 g/mol. The van der Waals surface area contributed by atoms with Crippen LogP contribution in [0.5, 0.6) is 5.75 Å². The molecule has 4 nitrogen and oxygen atoms in total. The lowest BCUT2D eigenvalue weighted by Crippen LogP contribution is -1.95. The van der Waals surface area contributed by atoms with Crippen LogP contribution in [-0.4, -0.2) is 17.3 Å². The zero-order chi connectivity index (χ0) is 12.4. The lowest BCUT2D eigenvalue weighted by molar-refractivity contribution is 0.416. The Balaban J connectivity index is 2.53. The summed E-state index contributed by atoms with van der Waals surface area (Å²) in [7, 11) is 1.63. The average molecular weight is 252 g/mol. The number of hydrogen-bond donors (Lipinski definition) is 2.